The van der Waals surface area contributed by atoms with Gasteiger partial charge in [-0.05, 0) is 57.6 Å². The van der Waals surface area contributed by atoms with Gasteiger partial charge in [-0.25, -0.2) is 13.1 Å². The predicted molar refractivity (Wildman–Crippen MR) is 103 cm³/mol. The summed E-state index contributed by atoms with van der Waals surface area (Å²) >= 11 is 3.34. The predicted octanol–water partition coefficient (Wildman–Crippen LogP) is 3.29. The highest BCUT2D eigenvalue weighted by Gasteiger charge is 2.23. The molecule has 0 fully saturated rings. The maximum absolute atomic E-state index is 12.7. The van der Waals surface area contributed by atoms with Gasteiger partial charge in [-0.15, -0.1) is 0 Å². The number of aromatic amines is 1. The Labute approximate surface area is 159 Å². The molecular formula is C18H16BrN3O3S. The van der Waals surface area contributed by atoms with Crippen molar-refractivity contribution in [3.8, 4) is 0 Å². The lowest BCUT2D eigenvalue weighted by Gasteiger charge is -2.19. The lowest BCUT2D eigenvalue weighted by Crippen LogP contribution is -2.25. The molecule has 0 bridgehead atoms. The second kappa shape index (κ2) is 6.53. The molecule has 3 aromatic rings. The molecule has 0 atom stereocenters. The number of aryl methyl sites for hydroxylation is 1. The number of amides is 1. The van der Waals surface area contributed by atoms with Gasteiger partial charge in [0, 0.05) is 27.8 Å². The van der Waals surface area contributed by atoms with Crippen molar-refractivity contribution in [3.63, 3.8) is 0 Å². The van der Waals surface area contributed by atoms with E-state index in [2.05, 4.69) is 31.0 Å². The van der Waals surface area contributed by atoms with Gasteiger partial charge in [0.15, 0.2) is 0 Å². The van der Waals surface area contributed by atoms with Crippen molar-refractivity contribution in [2.24, 2.45) is 0 Å². The molecule has 2 aromatic carbocycles. The van der Waals surface area contributed by atoms with Gasteiger partial charge in [-0.1, -0.05) is 18.2 Å². The molecule has 1 aromatic heterocycles. The van der Waals surface area contributed by atoms with E-state index in [4.69, 9.17) is 0 Å². The summed E-state index contributed by atoms with van der Waals surface area (Å²) in [5, 5.41) is 3.76. The zero-order chi connectivity index (χ0) is 18.3. The zero-order valence-electron chi connectivity index (χ0n) is 13.7. The first-order valence-corrected chi connectivity index (χ1v) is 10.4. The topological polar surface area (TPSA) is 91.1 Å². The summed E-state index contributed by atoms with van der Waals surface area (Å²) in [6.07, 6.45) is 1.01. The molecule has 26 heavy (non-hydrogen) atoms. The van der Waals surface area contributed by atoms with Gasteiger partial charge in [0.25, 0.3) is 0 Å². The van der Waals surface area contributed by atoms with E-state index in [1.165, 1.54) is 6.07 Å². The van der Waals surface area contributed by atoms with Crippen LogP contribution in [0.1, 0.15) is 17.7 Å². The SMILES string of the molecule is O=C1CCc2cc(Br)c(S(=O)(=O)NCc3cc4ccccc4[nH]3)cc2N1. The monoisotopic (exact) mass is 433 g/mol. The molecule has 0 aliphatic carbocycles. The van der Waals surface area contributed by atoms with Crippen molar-refractivity contribution in [2.75, 3.05) is 5.32 Å². The van der Waals surface area contributed by atoms with Crippen molar-refractivity contribution < 1.29 is 13.2 Å². The minimum absolute atomic E-state index is 0.103. The standard InChI is InChI=1S/C18H16BrN3O3S/c19-14-8-12-5-6-18(23)22-16(12)9-17(14)26(24,25)20-10-13-7-11-3-1-2-4-15(11)21-13/h1-4,7-9,20-21H,5-6,10H2,(H,22,23). The van der Waals surface area contributed by atoms with Crippen LogP contribution >= 0.6 is 15.9 Å². The maximum Gasteiger partial charge on any atom is 0.242 e. The summed E-state index contributed by atoms with van der Waals surface area (Å²) in [5.74, 6) is -0.103. The lowest BCUT2D eigenvalue weighted by molar-refractivity contribution is -0.116. The summed E-state index contributed by atoms with van der Waals surface area (Å²) in [7, 11) is -3.75. The van der Waals surface area contributed by atoms with Crippen molar-refractivity contribution in [3.05, 3.63) is 58.2 Å². The second-order valence-corrected chi connectivity index (χ2v) is 8.78. The number of benzene rings is 2. The largest absolute Gasteiger partial charge is 0.357 e. The number of halogens is 1. The van der Waals surface area contributed by atoms with Crippen LogP contribution in [0, 0.1) is 0 Å². The number of hydrogen-bond donors (Lipinski definition) is 3. The molecule has 0 radical (unpaired) electrons. The number of carbonyl (C=O) groups excluding carboxylic acids is 1. The Kier molecular flexibility index (Phi) is 4.34. The number of hydrogen-bond acceptors (Lipinski definition) is 3. The molecule has 1 aliphatic heterocycles. The van der Waals surface area contributed by atoms with Crippen LogP contribution in [0.15, 0.2) is 51.8 Å². The van der Waals surface area contributed by atoms with E-state index >= 15 is 0 Å². The fourth-order valence-electron chi connectivity index (χ4n) is 3.06. The van der Waals surface area contributed by atoms with Gasteiger partial charge in [0.05, 0.1) is 11.4 Å². The van der Waals surface area contributed by atoms with E-state index in [1.54, 1.807) is 6.07 Å². The minimum Gasteiger partial charge on any atom is -0.357 e. The number of aromatic nitrogens is 1. The fraction of sp³-hybridized carbons (Fsp3) is 0.167. The van der Waals surface area contributed by atoms with Crippen LogP contribution in [0.3, 0.4) is 0 Å². The molecule has 8 heteroatoms. The Morgan fingerprint density at radius 3 is 2.73 bits per heavy atom. The lowest BCUT2D eigenvalue weighted by atomic mass is 10.0. The number of fused-ring (bicyclic) bond motifs is 2. The average molecular weight is 434 g/mol. The van der Waals surface area contributed by atoms with E-state index in [-0.39, 0.29) is 17.3 Å². The van der Waals surface area contributed by atoms with E-state index in [0.29, 0.717) is 23.0 Å². The van der Waals surface area contributed by atoms with Crippen LogP contribution in [-0.4, -0.2) is 19.3 Å². The number of para-hydroxylation sites is 1. The molecule has 134 valence electrons. The maximum atomic E-state index is 12.7. The van der Waals surface area contributed by atoms with Crippen molar-refractivity contribution >= 4 is 48.5 Å². The average Bonchev–Trinajstić information content (AvgIpc) is 3.03. The van der Waals surface area contributed by atoms with Crippen molar-refractivity contribution in [2.45, 2.75) is 24.3 Å². The Morgan fingerprint density at radius 1 is 1.12 bits per heavy atom. The third-order valence-corrected chi connectivity index (χ3v) is 6.74. The summed E-state index contributed by atoms with van der Waals surface area (Å²) in [6, 6.07) is 12.9. The normalized spacial score (nSPS) is 14.3. The molecule has 6 nitrogen and oxygen atoms in total. The molecule has 1 amide bonds. The first-order chi connectivity index (χ1) is 12.4. The Hall–Kier alpha value is -2.16. The summed E-state index contributed by atoms with van der Waals surface area (Å²) in [4.78, 5) is 14.9. The molecule has 0 unspecified atom stereocenters. The van der Waals surface area contributed by atoms with Crippen LogP contribution in [0.25, 0.3) is 10.9 Å². The van der Waals surface area contributed by atoms with E-state index in [0.717, 1.165) is 22.2 Å². The highest BCUT2D eigenvalue weighted by molar-refractivity contribution is 9.10. The first-order valence-electron chi connectivity index (χ1n) is 8.11. The van der Waals surface area contributed by atoms with Crippen LogP contribution in [-0.2, 0) is 27.8 Å². The number of H-pyrrole nitrogens is 1. The number of nitrogens with one attached hydrogen (secondary N) is 3. The molecular weight excluding hydrogens is 418 g/mol. The smallest absolute Gasteiger partial charge is 0.242 e. The number of sulfonamides is 1. The van der Waals surface area contributed by atoms with E-state index < -0.39 is 10.0 Å². The van der Waals surface area contributed by atoms with E-state index in [9.17, 15) is 13.2 Å². The number of rotatable bonds is 4. The summed E-state index contributed by atoms with van der Waals surface area (Å²) in [5.41, 5.74) is 3.21. The molecule has 4 rings (SSSR count). The highest BCUT2D eigenvalue weighted by atomic mass is 79.9. The number of carbonyl (C=O) groups is 1. The molecule has 0 saturated carbocycles. The Morgan fingerprint density at radius 2 is 1.92 bits per heavy atom. The third kappa shape index (κ3) is 3.27. The minimum atomic E-state index is -3.75. The van der Waals surface area contributed by atoms with Gasteiger partial charge in [0.1, 0.15) is 0 Å². The highest BCUT2D eigenvalue weighted by Crippen LogP contribution is 2.32. The van der Waals surface area contributed by atoms with Gasteiger partial charge < -0.3 is 10.3 Å². The summed E-state index contributed by atoms with van der Waals surface area (Å²) in [6.45, 7) is 0.146. The number of anilines is 1. The molecule has 3 N–H and O–H groups in total. The van der Waals surface area contributed by atoms with Crippen LogP contribution in [0.5, 0.6) is 0 Å². The molecule has 1 aliphatic rings. The molecule has 0 spiro atoms. The second-order valence-electron chi connectivity index (χ2n) is 6.19. The van der Waals surface area contributed by atoms with Crippen LogP contribution in [0.2, 0.25) is 0 Å². The van der Waals surface area contributed by atoms with Gasteiger partial charge in [-0.2, -0.15) is 0 Å². The quantitative estimate of drug-likeness (QED) is 0.589. The molecule has 0 saturated heterocycles. The molecule has 2 heterocycles. The Balaban J connectivity index is 1.60. The van der Waals surface area contributed by atoms with Crippen molar-refractivity contribution in [1.82, 2.24) is 9.71 Å². The van der Waals surface area contributed by atoms with E-state index in [1.807, 2.05) is 30.3 Å². The van der Waals surface area contributed by atoms with Crippen LogP contribution in [0.4, 0.5) is 5.69 Å². The summed E-state index contributed by atoms with van der Waals surface area (Å²) < 4.78 is 28.6. The fourth-order valence-corrected chi connectivity index (χ4v) is 5.18. The zero-order valence-corrected chi connectivity index (χ0v) is 16.1. The third-order valence-electron chi connectivity index (χ3n) is 4.38. The van der Waals surface area contributed by atoms with Gasteiger partial charge in [0.2, 0.25) is 15.9 Å². The Bertz CT molecular complexity index is 1090. The van der Waals surface area contributed by atoms with Crippen LogP contribution < -0.4 is 10.0 Å². The van der Waals surface area contributed by atoms with Crippen molar-refractivity contribution in [1.29, 1.82) is 0 Å². The first kappa shape index (κ1) is 17.3. The van der Waals surface area contributed by atoms with Gasteiger partial charge in [-0.3, -0.25) is 4.79 Å². The van der Waals surface area contributed by atoms with Gasteiger partial charge >= 0.3 is 0 Å².